The summed E-state index contributed by atoms with van der Waals surface area (Å²) in [5.74, 6) is 4.22. The monoisotopic (exact) mass is 797 g/mol. The number of rotatable bonds is 13. The summed E-state index contributed by atoms with van der Waals surface area (Å²) in [5.41, 5.74) is 7.05. The fourth-order valence-electron chi connectivity index (χ4n) is 7.99. The Hall–Kier alpha value is -2.95. The summed E-state index contributed by atoms with van der Waals surface area (Å²) in [4.78, 5) is 15.3. The van der Waals surface area contributed by atoms with Gasteiger partial charge in [0, 0.05) is 35.7 Å². The first-order chi connectivity index (χ1) is 25.6. The molecule has 55 heavy (non-hydrogen) atoms. The van der Waals surface area contributed by atoms with Gasteiger partial charge in [-0.3, -0.25) is 4.79 Å². The number of carbonyl (C=O) groups excluding carboxylic acids is 1. The van der Waals surface area contributed by atoms with Crippen LogP contribution >= 0.6 is 0 Å². The van der Waals surface area contributed by atoms with Gasteiger partial charge in [0.15, 0.2) is 0 Å². The first-order valence-corrected chi connectivity index (χ1v) is 21.2. The van der Waals surface area contributed by atoms with Crippen LogP contribution in [0.3, 0.4) is 0 Å². The predicted octanol–water partition coefficient (Wildman–Crippen LogP) is 13.1. The Kier molecular flexibility index (Phi) is 21.0. The Bertz CT molecular complexity index is 1520. The molecule has 0 saturated heterocycles. The van der Waals surface area contributed by atoms with Crippen molar-refractivity contribution in [1.82, 2.24) is 5.32 Å². The van der Waals surface area contributed by atoms with E-state index in [0.717, 1.165) is 54.0 Å². The molecule has 2 aliphatic carbocycles. The van der Waals surface area contributed by atoms with Crippen LogP contribution in [0.25, 0.3) is 0 Å². The van der Waals surface area contributed by atoms with Crippen LogP contribution in [0.2, 0.25) is 0 Å². The molecule has 5 rings (SSSR count). The average Bonchev–Trinajstić information content (AvgIpc) is 3.90. The Morgan fingerprint density at radius 3 is 1.55 bits per heavy atom. The van der Waals surface area contributed by atoms with Gasteiger partial charge in [0.05, 0.1) is 0 Å². The second-order valence-corrected chi connectivity index (χ2v) is 17.3. The average molecular weight is 797 g/mol. The van der Waals surface area contributed by atoms with Crippen LogP contribution in [0.5, 0.6) is 11.5 Å². The minimum Gasteiger partial charge on any atom is -0.490 e. The van der Waals surface area contributed by atoms with Crippen molar-refractivity contribution in [2.75, 3.05) is 11.9 Å². The van der Waals surface area contributed by atoms with E-state index in [1.54, 1.807) is 0 Å². The van der Waals surface area contributed by atoms with Crippen molar-refractivity contribution >= 4 is 11.6 Å². The number of nitrogens with one attached hydrogen (secondary N) is 1. The molecular weight excluding hydrogens is 720 g/mol. The molecule has 6 heteroatoms. The molecule has 3 aromatic carbocycles. The van der Waals surface area contributed by atoms with E-state index in [1.165, 1.54) is 48.8 Å². The van der Waals surface area contributed by atoms with Crippen LogP contribution < -0.4 is 19.7 Å². The first-order valence-electron chi connectivity index (χ1n) is 21.2. The zero-order chi connectivity index (χ0) is 39.9. The van der Waals surface area contributed by atoms with Gasteiger partial charge in [0.1, 0.15) is 29.9 Å². The van der Waals surface area contributed by atoms with Crippen LogP contribution in [-0.4, -0.2) is 25.2 Å². The van der Waals surface area contributed by atoms with E-state index in [1.807, 2.05) is 18.2 Å². The molecule has 2 fully saturated rings. The summed E-state index contributed by atoms with van der Waals surface area (Å²) in [5, 5.41) is 3.38. The van der Waals surface area contributed by atoms with Gasteiger partial charge >= 0.3 is 0 Å². The molecule has 0 aromatic heterocycles. The molecular formula is C49H76FeN2O3. The third-order valence-corrected chi connectivity index (χ3v) is 11.6. The Morgan fingerprint density at radius 2 is 1.07 bits per heavy atom. The van der Waals surface area contributed by atoms with Gasteiger partial charge in [-0.15, -0.1) is 0 Å². The summed E-state index contributed by atoms with van der Waals surface area (Å²) < 4.78 is 12.6. The van der Waals surface area contributed by atoms with Crippen molar-refractivity contribution in [1.29, 1.82) is 0 Å². The van der Waals surface area contributed by atoms with Gasteiger partial charge < -0.3 is 19.7 Å². The minimum atomic E-state index is -0.237. The standard InChI is InChI=1S/C29H42N2O2.C15H24O.C5H10.Fe/c1-19(2)27(20(3)4)33-26-18-17-25(21(5)22(26)6)28(30-29(32)23-13-11-12-14-23)31(7)24-15-9-8-10-16-24;1-10(2)15(11(3)4)16-14-9-7-8-12(5)13(14)6;1-2-4-5-3-1;/h8-10,15-20,23,27-28H,11-14H2,1-7H3,(H,30,32);7-11,15H,1-6H3;1-5H2;. The molecule has 1 atom stereocenters. The number of ether oxygens (including phenoxy) is 2. The molecule has 308 valence electrons. The number of carbonyl (C=O) groups is 1. The Balaban J connectivity index is 0.000000392. The normalized spacial score (nSPS) is 14.7. The number of para-hydroxylation sites is 1. The molecule has 0 bridgehead atoms. The van der Waals surface area contributed by atoms with E-state index in [4.69, 9.17) is 9.47 Å². The quantitative estimate of drug-likeness (QED) is 0.138. The SMILES string of the molecule is C1CCCC1.Cc1c(OC(C(C)C)C(C)C)ccc(C(NC(=O)C2CCCC2)N(C)c2ccccc2)c1C.Cc1cccc(OC(C(C)C)C(C)C)c1C.[Fe]. The van der Waals surface area contributed by atoms with Crippen molar-refractivity contribution < 1.29 is 31.3 Å². The van der Waals surface area contributed by atoms with Gasteiger partial charge in [0.25, 0.3) is 0 Å². The second-order valence-electron chi connectivity index (χ2n) is 17.3. The van der Waals surface area contributed by atoms with Gasteiger partial charge in [-0.25, -0.2) is 0 Å². The smallest absolute Gasteiger partial charge is 0.224 e. The van der Waals surface area contributed by atoms with Crippen LogP contribution in [0.1, 0.15) is 147 Å². The molecule has 0 heterocycles. The molecule has 2 aliphatic rings. The van der Waals surface area contributed by atoms with E-state index in [0.29, 0.717) is 29.8 Å². The third-order valence-electron chi connectivity index (χ3n) is 11.6. The Labute approximate surface area is 347 Å². The van der Waals surface area contributed by atoms with Gasteiger partial charge in [-0.1, -0.05) is 137 Å². The predicted molar refractivity (Wildman–Crippen MR) is 231 cm³/mol. The second kappa shape index (κ2) is 24.0. The fourth-order valence-corrected chi connectivity index (χ4v) is 7.99. The van der Waals surface area contributed by atoms with Crippen molar-refractivity contribution in [3.63, 3.8) is 0 Å². The zero-order valence-corrected chi connectivity index (χ0v) is 37.9. The van der Waals surface area contributed by atoms with Crippen LogP contribution in [0.15, 0.2) is 60.7 Å². The van der Waals surface area contributed by atoms with E-state index in [9.17, 15) is 4.79 Å². The van der Waals surface area contributed by atoms with Crippen molar-refractivity contribution in [2.24, 2.45) is 29.6 Å². The van der Waals surface area contributed by atoms with Gasteiger partial charge in [-0.2, -0.15) is 0 Å². The zero-order valence-electron chi connectivity index (χ0n) is 36.8. The molecule has 0 radical (unpaired) electrons. The van der Waals surface area contributed by atoms with E-state index in [2.05, 4.69) is 143 Å². The maximum absolute atomic E-state index is 13.2. The molecule has 1 N–H and O–H groups in total. The number of nitrogens with zero attached hydrogens (tertiary/aromatic N) is 1. The number of amides is 1. The van der Waals surface area contributed by atoms with Gasteiger partial charge in [-0.05, 0) is 116 Å². The molecule has 1 amide bonds. The first kappa shape index (κ1) is 48.2. The van der Waals surface area contributed by atoms with Crippen LogP contribution in [0, 0.1) is 57.3 Å². The van der Waals surface area contributed by atoms with Crippen molar-refractivity contribution in [2.45, 2.75) is 159 Å². The fraction of sp³-hybridized carbons (Fsp3) is 0.612. The number of hydrogen-bond acceptors (Lipinski definition) is 4. The van der Waals surface area contributed by atoms with Crippen molar-refractivity contribution in [3.05, 3.63) is 88.5 Å². The summed E-state index contributed by atoms with van der Waals surface area (Å²) in [6.07, 6.45) is 12.0. The largest absolute Gasteiger partial charge is 0.490 e. The summed E-state index contributed by atoms with van der Waals surface area (Å²) in [7, 11) is 2.06. The summed E-state index contributed by atoms with van der Waals surface area (Å²) in [6.45, 7) is 26.3. The molecule has 3 aromatic rings. The number of hydrogen-bond donors (Lipinski definition) is 1. The maximum atomic E-state index is 13.2. The summed E-state index contributed by atoms with van der Waals surface area (Å²) >= 11 is 0. The van der Waals surface area contributed by atoms with E-state index >= 15 is 0 Å². The molecule has 5 nitrogen and oxygen atoms in total. The number of aryl methyl sites for hydroxylation is 1. The third kappa shape index (κ3) is 14.5. The Morgan fingerprint density at radius 1 is 0.600 bits per heavy atom. The maximum Gasteiger partial charge on any atom is 0.224 e. The number of anilines is 1. The molecule has 0 aliphatic heterocycles. The topological polar surface area (TPSA) is 50.8 Å². The van der Waals surface area contributed by atoms with E-state index in [-0.39, 0.29) is 41.2 Å². The molecule has 0 spiro atoms. The van der Waals surface area contributed by atoms with Gasteiger partial charge in [0.2, 0.25) is 5.91 Å². The van der Waals surface area contributed by atoms with Crippen LogP contribution in [-0.2, 0) is 21.9 Å². The molecule has 1 unspecified atom stereocenters. The van der Waals surface area contributed by atoms with E-state index < -0.39 is 0 Å². The minimum absolute atomic E-state index is 0. The number of benzene rings is 3. The van der Waals surface area contributed by atoms with Crippen LogP contribution in [0.4, 0.5) is 5.69 Å². The van der Waals surface area contributed by atoms with Crippen molar-refractivity contribution in [3.8, 4) is 11.5 Å². The summed E-state index contributed by atoms with van der Waals surface area (Å²) in [6, 6.07) is 20.7. The molecule has 2 saturated carbocycles.